The van der Waals surface area contributed by atoms with E-state index < -0.39 is 0 Å². The predicted molar refractivity (Wildman–Crippen MR) is 254 cm³/mol. The van der Waals surface area contributed by atoms with Crippen molar-refractivity contribution in [1.29, 1.82) is 0 Å². The van der Waals surface area contributed by atoms with Crippen LogP contribution in [0.3, 0.4) is 0 Å². The van der Waals surface area contributed by atoms with Crippen LogP contribution in [0.25, 0.3) is 65.7 Å². The summed E-state index contributed by atoms with van der Waals surface area (Å²) in [6.07, 6.45) is 0. The molecule has 0 N–H and O–H groups in total. The first kappa shape index (κ1) is 44.2. The van der Waals surface area contributed by atoms with Crippen molar-refractivity contribution in [3.63, 3.8) is 0 Å². The van der Waals surface area contributed by atoms with Gasteiger partial charge in [-0.2, -0.15) is 0 Å². The third-order valence-electron chi connectivity index (χ3n) is 8.61. The maximum Gasteiger partial charge on any atom is -0.00990 e. The summed E-state index contributed by atoms with van der Waals surface area (Å²) < 4.78 is 0. The van der Waals surface area contributed by atoms with E-state index in [-0.39, 0.29) is 0 Å². The molecular formula is C56H60. The normalized spacial score (nSPS) is 9.43. The number of benzene rings is 9. The summed E-state index contributed by atoms with van der Waals surface area (Å²) in [4.78, 5) is 0. The van der Waals surface area contributed by atoms with Gasteiger partial charge >= 0.3 is 0 Å². The second kappa shape index (κ2) is 25.7. The first-order chi connectivity index (χ1) is 27.8. The van der Waals surface area contributed by atoms with Gasteiger partial charge in [0.05, 0.1) is 0 Å². The topological polar surface area (TPSA) is 0 Å². The summed E-state index contributed by atoms with van der Waals surface area (Å²) in [6, 6.07) is 76.4. The summed E-state index contributed by atoms with van der Waals surface area (Å²) in [5.74, 6) is 0. The second-order valence-electron chi connectivity index (χ2n) is 11.7. The molecule has 0 aliphatic carbocycles. The highest BCUT2D eigenvalue weighted by atomic mass is 14.1. The van der Waals surface area contributed by atoms with E-state index in [1.807, 2.05) is 67.5 Å². The summed E-state index contributed by atoms with van der Waals surface area (Å²) in [7, 11) is 0. The summed E-state index contributed by atoms with van der Waals surface area (Å²) in [5, 5.41) is 7.87. The molecule has 0 bridgehead atoms. The number of hydrogen-bond acceptors (Lipinski definition) is 0. The second-order valence-corrected chi connectivity index (χ2v) is 11.7. The van der Waals surface area contributed by atoms with E-state index in [2.05, 4.69) is 206 Å². The zero-order valence-corrected chi connectivity index (χ0v) is 34.8. The lowest BCUT2D eigenvalue weighted by Gasteiger charge is -2.10. The molecule has 0 nitrogen and oxygen atoms in total. The molecule has 0 amide bonds. The first-order valence-corrected chi connectivity index (χ1v) is 20.4. The molecule has 9 aromatic rings. The Bertz CT molecular complexity index is 2320. The van der Waals surface area contributed by atoms with Gasteiger partial charge in [-0.15, -0.1) is 0 Å². The molecule has 0 radical (unpaired) electrons. The van der Waals surface area contributed by atoms with E-state index in [1.54, 1.807) is 0 Å². The molecule has 0 spiro atoms. The smallest absolute Gasteiger partial charge is 0.00990 e. The van der Waals surface area contributed by atoms with Crippen LogP contribution in [0.2, 0.25) is 0 Å². The van der Waals surface area contributed by atoms with Crippen LogP contribution in [0.15, 0.2) is 218 Å². The van der Waals surface area contributed by atoms with E-state index in [9.17, 15) is 0 Å². The molecule has 0 fully saturated rings. The standard InChI is InChI=1S/C20H14.C16H12.C12H10.4C2H6/c1-2-8-15(9-3-1)20-14-16-10-4-5-11-17(16)18-12-6-7-13-19(18)20;1-2-7-13(8-3-1)16-12-6-10-14-9-4-5-11-15(14)16;1-3-7-11(8-4-1)12-9-5-2-6-10-12;4*1-2/h1-14H;1-12H;1-10H;4*1-2H3. The molecule has 56 heavy (non-hydrogen) atoms. The lowest BCUT2D eigenvalue weighted by atomic mass is 9.93. The fraction of sp³-hybridized carbons (Fsp3) is 0.143. The minimum atomic E-state index is 1.27. The van der Waals surface area contributed by atoms with E-state index in [0.717, 1.165) is 0 Å². The predicted octanol–water partition coefficient (Wildman–Crippen LogP) is 17.6. The molecule has 9 rings (SSSR count). The van der Waals surface area contributed by atoms with Gasteiger partial charge < -0.3 is 0 Å². The number of fused-ring (bicyclic) bond motifs is 4. The summed E-state index contributed by atoms with van der Waals surface area (Å²) in [5.41, 5.74) is 7.71. The van der Waals surface area contributed by atoms with Crippen molar-refractivity contribution < 1.29 is 0 Å². The van der Waals surface area contributed by atoms with E-state index in [1.165, 1.54) is 65.7 Å². The maximum absolute atomic E-state index is 2.30. The van der Waals surface area contributed by atoms with Crippen molar-refractivity contribution in [3.05, 3.63) is 218 Å². The summed E-state index contributed by atoms with van der Waals surface area (Å²) >= 11 is 0. The molecule has 9 aromatic carbocycles. The van der Waals surface area contributed by atoms with Crippen molar-refractivity contribution in [2.45, 2.75) is 55.4 Å². The van der Waals surface area contributed by atoms with Crippen LogP contribution in [0.4, 0.5) is 0 Å². The Morgan fingerprint density at radius 3 is 1.00 bits per heavy atom. The van der Waals surface area contributed by atoms with Gasteiger partial charge in [-0.1, -0.05) is 268 Å². The molecule has 0 heteroatoms. The van der Waals surface area contributed by atoms with Gasteiger partial charge in [-0.05, 0) is 71.8 Å². The summed E-state index contributed by atoms with van der Waals surface area (Å²) in [6.45, 7) is 16.0. The minimum Gasteiger partial charge on any atom is -0.0683 e. The number of rotatable bonds is 3. The van der Waals surface area contributed by atoms with Crippen LogP contribution < -0.4 is 0 Å². The van der Waals surface area contributed by atoms with Gasteiger partial charge in [-0.25, -0.2) is 0 Å². The van der Waals surface area contributed by atoms with Gasteiger partial charge in [0, 0.05) is 0 Å². The molecule has 0 atom stereocenters. The highest BCUT2D eigenvalue weighted by molar-refractivity contribution is 6.13. The van der Waals surface area contributed by atoms with Crippen LogP contribution in [0.5, 0.6) is 0 Å². The number of hydrogen-bond donors (Lipinski definition) is 0. The van der Waals surface area contributed by atoms with Crippen molar-refractivity contribution in [2.24, 2.45) is 0 Å². The van der Waals surface area contributed by atoms with Gasteiger partial charge in [0.25, 0.3) is 0 Å². The Morgan fingerprint density at radius 1 is 0.196 bits per heavy atom. The van der Waals surface area contributed by atoms with E-state index >= 15 is 0 Å². The van der Waals surface area contributed by atoms with Crippen molar-refractivity contribution in [2.75, 3.05) is 0 Å². The molecule has 0 saturated heterocycles. The Morgan fingerprint density at radius 2 is 0.518 bits per heavy atom. The van der Waals surface area contributed by atoms with Crippen molar-refractivity contribution in [3.8, 4) is 33.4 Å². The lowest BCUT2D eigenvalue weighted by Crippen LogP contribution is -1.83. The Kier molecular flexibility index (Phi) is 20.3. The van der Waals surface area contributed by atoms with Gasteiger partial charge in [-0.3, -0.25) is 0 Å². The molecule has 0 unspecified atom stereocenters. The Labute approximate surface area is 338 Å². The highest BCUT2D eigenvalue weighted by Crippen LogP contribution is 2.34. The Hall–Kier alpha value is -6.24. The third kappa shape index (κ3) is 12.1. The van der Waals surface area contributed by atoms with E-state index in [4.69, 9.17) is 0 Å². The SMILES string of the molecule is CC.CC.CC.CC.c1ccc(-c2cc3ccccc3c3ccccc23)cc1.c1ccc(-c2cccc3ccccc23)cc1.c1ccc(-c2ccccc2)cc1. The van der Waals surface area contributed by atoms with Crippen LogP contribution in [-0.4, -0.2) is 0 Å². The van der Waals surface area contributed by atoms with Gasteiger partial charge in [0.1, 0.15) is 0 Å². The average Bonchev–Trinajstić information content (AvgIpc) is 3.33. The minimum absolute atomic E-state index is 1.27. The zero-order valence-electron chi connectivity index (χ0n) is 34.8. The quantitative estimate of drug-likeness (QED) is 0.159. The third-order valence-corrected chi connectivity index (χ3v) is 8.61. The molecule has 0 saturated carbocycles. The molecule has 0 heterocycles. The van der Waals surface area contributed by atoms with Gasteiger partial charge in [0.15, 0.2) is 0 Å². The van der Waals surface area contributed by atoms with E-state index in [0.29, 0.717) is 0 Å². The van der Waals surface area contributed by atoms with Gasteiger partial charge in [0.2, 0.25) is 0 Å². The Balaban J connectivity index is 0.000000211. The molecule has 0 aliphatic rings. The maximum atomic E-state index is 2.30. The fourth-order valence-corrected chi connectivity index (χ4v) is 6.27. The van der Waals surface area contributed by atoms with Crippen LogP contribution >= 0.6 is 0 Å². The highest BCUT2D eigenvalue weighted by Gasteiger charge is 2.07. The largest absolute Gasteiger partial charge is 0.0683 e. The van der Waals surface area contributed by atoms with Crippen molar-refractivity contribution in [1.82, 2.24) is 0 Å². The molecule has 0 aromatic heterocycles. The molecular weight excluding hydrogens is 673 g/mol. The zero-order chi connectivity index (χ0) is 40.4. The lowest BCUT2D eigenvalue weighted by molar-refractivity contribution is 1.50. The fourth-order valence-electron chi connectivity index (χ4n) is 6.27. The van der Waals surface area contributed by atoms with Crippen LogP contribution in [-0.2, 0) is 0 Å². The first-order valence-electron chi connectivity index (χ1n) is 20.4. The molecule has 284 valence electrons. The van der Waals surface area contributed by atoms with Crippen molar-refractivity contribution >= 4 is 32.3 Å². The molecule has 0 aliphatic heterocycles. The van der Waals surface area contributed by atoms with Crippen LogP contribution in [0, 0.1) is 0 Å². The van der Waals surface area contributed by atoms with Crippen LogP contribution in [0.1, 0.15) is 55.4 Å². The average molecular weight is 733 g/mol. The monoisotopic (exact) mass is 732 g/mol.